The molecule has 1 unspecified atom stereocenters. The predicted octanol–water partition coefficient (Wildman–Crippen LogP) is -0.0274. The first-order valence-corrected chi connectivity index (χ1v) is 15.9. The molecule has 2 saturated heterocycles. The van der Waals surface area contributed by atoms with Gasteiger partial charge < -0.3 is 36.8 Å². The minimum atomic E-state index is -5.10. The summed E-state index contributed by atoms with van der Waals surface area (Å²) in [6, 6.07) is 3.16. The molecule has 0 radical (unpaired) electrons. The molecule has 1 aromatic heterocycles. The van der Waals surface area contributed by atoms with Crippen LogP contribution in [0.25, 0.3) is 0 Å². The topological polar surface area (TPSA) is 261 Å². The summed E-state index contributed by atoms with van der Waals surface area (Å²) in [7, 11) is -4.99. The Balaban J connectivity index is 1.52. The van der Waals surface area contributed by atoms with E-state index in [-0.39, 0.29) is 27.4 Å². The number of nitrogens with one attached hydrogen (secondary N) is 2. The maximum atomic E-state index is 13.8. The van der Waals surface area contributed by atoms with Crippen LogP contribution in [0.15, 0.2) is 34.4 Å². The zero-order chi connectivity index (χ0) is 34.7. The van der Waals surface area contributed by atoms with Crippen LogP contribution in [0.5, 0.6) is 5.75 Å². The number of ether oxygens (including phenoxy) is 1. The van der Waals surface area contributed by atoms with Crippen molar-refractivity contribution in [2.45, 2.75) is 50.2 Å². The Morgan fingerprint density at radius 3 is 2.53 bits per heavy atom. The van der Waals surface area contributed by atoms with E-state index >= 15 is 0 Å². The number of rotatable bonds is 12. The number of aliphatic carboxylic acids is 1. The number of nitrogens with zero attached hydrogens (tertiary/aromatic N) is 4. The summed E-state index contributed by atoms with van der Waals surface area (Å²) in [5.74, 6) is -4.05. The molecular weight excluding hydrogens is 677 g/mol. The Labute approximate surface area is 268 Å². The van der Waals surface area contributed by atoms with Gasteiger partial charge in [-0.3, -0.25) is 19.1 Å². The Kier molecular flexibility index (Phi) is 10.6. The second-order valence-electron chi connectivity index (χ2n) is 10.3. The lowest BCUT2D eigenvalue weighted by Crippen LogP contribution is -2.71. The van der Waals surface area contributed by atoms with Crippen molar-refractivity contribution in [3.05, 3.63) is 40.4 Å². The van der Waals surface area contributed by atoms with Crippen LogP contribution in [-0.4, -0.2) is 101 Å². The number of oxime groups is 1. The minimum absolute atomic E-state index is 0.0256. The van der Waals surface area contributed by atoms with E-state index in [2.05, 4.69) is 20.4 Å². The molecule has 8 N–H and O–H groups in total. The lowest BCUT2D eigenvalue weighted by Gasteiger charge is -2.42. The number of nitrogens with two attached hydrogens (primary N) is 2. The molecule has 3 heterocycles. The number of carbonyl (C=O) groups excluding carboxylic acids is 2. The van der Waals surface area contributed by atoms with E-state index in [0.29, 0.717) is 17.9 Å². The Hall–Kier alpha value is -4.54. The Morgan fingerprint density at radius 2 is 1.98 bits per heavy atom. The molecule has 0 bridgehead atoms. The van der Waals surface area contributed by atoms with Crippen molar-refractivity contribution >= 4 is 56.1 Å². The largest absolute Gasteiger partial charge is 0.489 e. The number of β-lactam (4-membered cyclic amide) rings is 1. The van der Waals surface area contributed by atoms with Crippen molar-refractivity contribution in [1.82, 2.24) is 19.9 Å². The predicted molar refractivity (Wildman–Crippen MR) is 159 cm³/mol. The van der Waals surface area contributed by atoms with Crippen molar-refractivity contribution in [2.75, 3.05) is 25.4 Å². The van der Waals surface area contributed by atoms with Gasteiger partial charge in [0, 0.05) is 12.1 Å². The van der Waals surface area contributed by atoms with E-state index in [0.717, 1.165) is 26.3 Å². The number of carbonyl (C=O) groups is 3. The fourth-order valence-electron chi connectivity index (χ4n) is 4.57. The van der Waals surface area contributed by atoms with Crippen LogP contribution in [0, 0.1) is 0 Å². The number of benzene rings is 1. The number of hydrogen-bond donors (Lipinski definition) is 6. The van der Waals surface area contributed by atoms with Gasteiger partial charge in [-0.1, -0.05) is 16.5 Å². The van der Waals surface area contributed by atoms with Crippen LogP contribution in [0.3, 0.4) is 0 Å². The van der Waals surface area contributed by atoms with Gasteiger partial charge in [-0.15, -0.1) is 0 Å². The molecule has 2 aliphatic rings. The number of amides is 2. The third-order valence-electron chi connectivity index (χ3n) is 6.90. The summed E-state index contributed by atoms with van der Waals surface area (Å²) in [5.41, 5.74) is 9.75. The van der Waals surface area contributed by atoms with E-state index in [1.165, 1.54) is 12.1 Å². The maximum absolute atomic E-state index is 13.8. The van der Waals surface area contributed by atoms with Gasteiger partial charge in [0.15, 0.2) is 10.8 Å². The van der Waals surface area contributed by atoms with E-state index in [4.69, 9.17) is 25.6 Å². The van der Waals surface area contributed by atoms with Crippen molar-refractivity contribution in [3.63, 3.8) is 0 Å². The number of alkyl halides is 3. The van der Waals surface area contributed by atoms with E-state index in [9.17, 15) is 41.1 Å². The number of amidine groups is 1. The first kappa shape index (κ1) is 35.3. The third kappa shape index (κ3) is 8.44. The van der Waals surface area contributed by atoms with E-state index in [1.54, 1.807) is 12.1 Å². The average Bonchev–Trinajstić information content (AvgIpc) is 3.39. The molecule has 0 spiro atoms. The first-order valence-electron chi connectivity index (χ1n) is 13.7. The molecular formula is C25H29F3N8O9S2. The molecule has 256 valence electrons. The van der Waals surface area contributed by atoms with Crippen LogP contribution in [-0.2, 0) is 35.7 Å². The standard InChI is InChI=1S/C25H29F3N8O9S2/c1-11-16(22(38)36(11)47(41,42)43)33-21(37)18(17-19(25(26,27)28)46-24(30)34-17)35-45-15(23(39)40)10-44-14-6-4-12(5-7-14)20(29)32-13-3-2-8-31-9-13/h4-7,11,13,15-16,31H,2-3,8-10H2,1H3,(H2,29,32)(H2,30,34)(H,33,37)(H,39,40)(H,41,42,43)/b35-18-/t11-,13+,15?,16-/m0/s1. The quantitative estimate of drug-likeness (QED) is 0.0558. The normalized spacial score (nSPS) is 21.5. The molecule has 2 amide bonds. The van der Waals surface area contributed by atoms with Gasteiger partial charge in [0.1, 0.15) is 34.8 Å². The zero-order valence-corrected chi connectivity index (χ0v) is 25.9. The summed E-state index contributed by atoms with van der Waals surface area (Å²) in [6.45, 7) is 1.99. The zero-order valence-electron chi connectivity index (χ0n) is 24.3. The molecule has 2 fully saturated rings. The minimum Gasteiger partial charge on any atom is -0.489 e. The summed E-state index contributed by atoms with van der Waals surface area (Å²) < 4.78 is 78.7. The highest BCUT2D eigenvalue weighted by atomic mass is 32.2. The number of aromatic nitrogens is 1. The fraction of sp³-hybridized carbons (Fsp3) is 0.440. The highest BCUT2D eigenvalue weighted by Crippen LogP contribution is 2.38. The van der Waals surface area contributed by atoms with E-state index in [1.807, 2.05) is 5.32 Å². The summed E-state index contributed by atoms with van der Waals surface area (Å²) in [4.78, 5) is 48.7. The monoisotopic (exact) mass is 706 g/mol. The van der Waals surface area contributed by atoms with Crippen LogP contribution >= 0.6 is 11.3 Å². The molecule has 2 aromatic rings. The van der Waals surface area contributed by atoms with Crippen LogP contribution < -0.4 is 26.8 Å². The van der Waals surface area contributed by atoms with Crippen LogP contribution in [0.1, 0.15) is 35.9 Å². The molecule has 0 saturated carbocycles. The molecule has 4 atom stereocenters. The van der Waals surface area contributed by atoms with Crippen LogP contribution in [0.2, 0.25) is 0 Å². The van der Waals surface area contributed by atoms with Crippen molar-refractivity contribution in [1.29, 1.82) is 0 Å². The van der Waals surface area contributed by atoms with Crippen molar-refractivity contribution in [2.24, 2.45) is 15.9 Å². The van der Waals surface area contributed by atoms with Gasteiger partial charge in [-0.05, 0) is 50.6 Å². The van der Waals surface area contributed by atoms with Gasteiger partial charge >= 0.3 is 22.4 Å². The van der Waals surface area contributed by atoms with Gasteiger partial charge in [-0.25, -0.2) is 14.1 Å². The maximum Gasteiger partial charge on any atom is 0.427 e. The highest BCUT2D eigenvalue weighted by molar-refractivity contribution is 7.84. The summed E-state index contributed by atoms with van der Waals surface area (Å²) in [5, 5.41) is 17.6. The number of aliphatic imine (C=N–C) groups is 1. The van der Waals surface area contributed by atoms with Gasteiger partial charge in [0.25, 0.3) is 17.9 Å². The molecule has 4 rings (SSSR count). The number of anilines is 1. The number of nitrogen functional groups attached to an aromatic ring is 1. The lowest BCUT2D eigenvalue weighted by molar-refractivity contribution is -0.152. The van der Waals surface area contributed by atoms with Gasteiger partial charge in [0.2, 0.25) is 0 Å². The molecule has 22 heteroatoms. The fourth-order valence-corrected chi connectivity index (χ4v) is 6.15. The molecule has 1 aromatic carbocycles. The number of carboxylic acids is 1. The average molecular weight is 707 g/mol. The lowest BCUT2D eigenvalue weighted by atomic mass is 10.0. The second-order valence-corrected chi connectivity index (χ2v) is 12.6. The van der Waals surface area contributed by atoms with E-state index < -0.39 is 80.5 Å². The summed E-state index contributed by atoms with van der Waals surface area (Å²) in [6.07, 6.45) is -5.23. The molecule has 47 heavy (non-hydrogen) atoms. The van der Waals surface area contributed by atoms with Crippen molar-refractivity contribution < 1.29 is 55.2 Å². The Morgan fingerprint density at radius 1 is 1.30 bits per heavy atom. The van der Waals surface area contributed by atoms with Crippen LogP contribution in [0.4, 0.5) is 18.3 Å². The molecule has 2 aliphatic heterocycles. The molecule has 0 aliphatic carbocycles. The number of halogens is 3. The molecule has 17 nitrogen and oxygen atoms in total. The number of hydrogen-bond acceptors (Lipinski definition) is 13. The highest BCUT2D eigenvalue weighted by Gasteiger charge is 2.52. The Bertz CT molecular complexity index is 1680. The first-order chi connectivity index (χ1) is 22.0. The third-order valence-corrected chi connectivity index (χ3v) is 8.84. The number of thiazole rings is 1. The second kappa shape index (κ2) is 14.1. The summed E-state index contributed by atoms with van der Waals surface area (Å²) >= 11 is -0.0525. The van der Waals surface area contributed by atoms with Gasteiger partial charge in [0.05, 0.1) is 12.1 Å². The number of carboxylic acid groups (broad SMARTS) is 1. The van der Waals surface area contributed by atoms with Crippen molar-refractivity contribution in [3.8, 4) is 5.75 Å². The van der Waals surface area contributed by atoms with Gasteiger partial charge in [-0.2, -0.15) is 21.6 Å². The SMILES string of the molecule is C[C@H]1[C@H](NC(=O)/C(=N\OC(COc2ccc(C(N)=N[C@@H]3CCCNC3)cc2)C(=O)O)c2nc(N)sc2C(F)(F)F)C(=O)N1S(=O)(=O)O. The smallest absolute Gasteiger partial charge is 0.427 e. The number of piperidine rings is 1.